The molecule has 3 aromatic rings. The number of anilines is 2. The molecular weight excluding hydrogens is 538 g/mol. The van der Waals surface area contributed by atoms with Crippen LogP contribution < -0.4 is 14.2 Å². The van der Waals surface area contributed by atoms with Gasteiger partial charge in [0.1, 0.15) is 5.75 Å². The smallest absolute Gasteiger partial charge is 0.261 e. The predicted molar refractivity (Wildman–Crippen MR) is 151 cm³/mol. The van der Waals surface area contributed by atoms with Gasteiger partial charge in [-0.2, -0.15) is 0 Å². The first-order chi connectivity index (χ1) is 18.5. The van der Waals surface area contributed by atoms with Crippen molar-refractivity contribution in [1.29, 1.82) is 0 Å². The van der Waals surface area contributed by atoms with E-state index in [0.717, 1.165) is 36.8 Å². The van der Waals surface area contributed by atoms with Gasteiger partial charge in [0.2, 0.25) is 0 Å². The van der Waals surface area contributed by atoms with Gasteiger partial charge in [-0.15, -0.1) is 0 Å². The molecule has 39 heavy (non-hydrogen) atoms. The number of likely N-dealkylation sites (tertiary alicyclic amines) is 1. The Balaban J connectivity index is 1.55. The zero-order chi connectivity index (χ0) is 28.2. The number of amides is 1. The molecule has 208 valence electrons. The average Bonchev–Trinajstić information content (AvgIpc) is 3.20. The number of carbonyl (C=O) groups excluding carboxylic acids is 1. The number of para-hydroxylation sites is 1. The summed E-state index contributed by atoms with van der Waals surface area (Å²) in [5, 5.41) is 0. The molecule has 2 N–H and O–H groups in total. The lowest BCUT2D eigenvalue weighted by atomic mass is 10.1. The first-order valence-electron chi connectivity index (χ1n) is 12.7. The number of carbonyl (C=O) groups is 1. The fraction of sp³-hybridized carbons (Fsp3) is 0.321. The second kappa shape index (κ2) is 11.7. The number of rotatable bonds is 8. The topological polar surface area (TPSA) is 122 Å². The van der Waals surface area contributed by atoms with Crippen molar-refractivity contribution in [3.63, 3.8) is 0 Å². The van der Waals surface area contributed by atoms with Crippen LogP contribution in [-0.2, 0) is 20.0 Å². The standard InChI is InChI=1S/C28H33N3O6S2/c1-20-9-8-10-21(2)27(20)30-38(33,34)23-13-11-22(12-14-23)29-39(35,36)24-15-16-26(37-3)25(19-24)28(32)31-17-6-4-5-7-18-31/h8-16,19,29-30H,4-7,17-18H2,1-3H3. The quantitative estimate of drug-likeness (QED) is 0.395. The Morgan fingerprint density at radius 1 is 0.769 bits per heavy atom. The van der Waals surface area contributed by atoms with Gasteiger partial charge >= 0.3 is 0 Å². The Kier molecular flexibility index (Phi) is 8.51. The zero-order valence-corrected chi connectivity index (χ0v) is 23.9. The first kappa shape index (κ1) is 28.4. The van der Waals surface area contributed by atoms with Crippen molar-refractivity contribution in [2.45, 2.75) is 49.3 Å². The van der Waals surface area contributed by atoms with Crippen LogP contribution in [0.5, 0.6) is 5.75 Å². The van der Waals surface area contributed by atoms with Crippen molar-refractivity contribution in [1.82, 2.24) is 4.90 Å². The highest BCUT2D eigenvalue weighted by atomic mass is 32.2. The minimum absolute atomic E-state index is 0.0112. The van der Waals surface area contributed by atoms with Gasteiger partial charge in [0.15, 0.2) is 0 Å². The van der Waals surface area contributed by atoms with E-state index >= 15 is 0 Å². The van der Waals surface area contributed by atoms with Crippen molar-refractivity contribution in [3.05, 3.63) is 77.4 Å². The van der Waals surface area contributed by atoms with Crippen LogP contribution in [0.15, 0.2) is 70.5 Å². The van der Waals surface area contributed by atoms with Crippen molar-refractivity contribution >= 4 is 37.3 Å². The van der Waals surface area contributed by atoms with E-state index in [1.165, 1.54) is 49.6 Å². The Morgan fingerprint density at radius 2 is 1.33 bits per heavy atom. The summed E-state index contributed by atoms with van der Waals surface area (Å²) in [6, 6.07) is 15.0. The minimum atomic E-state index is -4.08. The molecule has 3 aromatic carbocycles. The van der Waals surface area contributed by atoms with Gasteiger partial charge in [0, 0.05) is 18.8 Å². The number of aryl methyl sites for hydroxylation is 2. The lowest BCUT2D eigenvalue weighted by Gasteiger charge is -2.22. The molecule has 1 saturated heterocycles. The predicted octanol–water partition coefficient (Wildman–Crippen LogP) is 4.93. The van der Waals surface area contributed by atoms with Crippen LogP contribution in [0.1, 0.15) is 47.2 Å². The third-order valence-corrected chi connectivity index (χ3v) is 9.48. The van der Waals surface area contributed by atoms with Gasteiger partial charge in [0.25, 0.3) is 26.0 Å². The summed E-state index contributed by atoms with van der Waals surface area (Å²) < 4.78 is 62.7. The molecule has 1 amide bonds. The van der Waals surface area contributed by atoms with Gasteiger partial charge in [-0.1, -0.05) is 31.0 Å². The highest BCUT2D eigenvalue weighted by molar-refractivity contribution is 7.93. The molecule has 0 aliphatic carbocycles. The van der Waals surface area contributed by atoms with Crippen LogP contribution in [0, 0.1) is 13.8 Å². The molecule has 0 aromatic heterocycles. The van der Waals surface area contributed by atoms with Gasteiger partial charge in [-0.3, -0.25) is 14.2 Å². The molecule has 0 saturated carbocycles. The Hall–Kier alpha value is -3.57. The fourth-order valence-electron chi connectivity index (χ4n) is 4.55. The van der Waals surface area contributed by atoms with Gasteiger partial charge in [-0.25, -0.2) is 16.8 Å². The van der Waals surface area contributed by atoms with Gasteiger partial charge < -0.3 is 9.64 Å². The molecule has 0 spiro atoms. The summed E-state index contributed by atoms with van der Waals surface area (Å²) in [4.78, 5) is 14.9. The van der Waals surface area contributed by atoms with Gasteiger partial charge in [0.05, 0.1) is 28.2 Å². The summed E-state index contributed by atoms with van der Waals surface area (Å²) >= 11 is 0. The Morgan fingerprint density at radius 3 is 1.92 bits per heavy atom. The molecule has 1 fully saturated rings. The zero-order valence-electron chi connectivity index (χ0n) is 22.2. The van der Waals surface area contributed by atoms with E-state index in [2.05, 4.69) is 9.44 Å². The maximum atomic E-state index is 13.2. The number of hydrogen-bond acceptors (Lipinski definition) is 6. The van der Waals surface area contributed by atoms with Crippen molar-refractivity contribution in [2.24, 2.45) is 0 Å². The number of nitrogens with zero attached hydrogens (tertiary/aromatic N) is 1. The number of hydrogen-bond donors (Lipinski definition) is 2. The third kappa shape index (κ3) is 6.54. The minimum Gasteiger partial charge on any atom is -0.496 e. The number of ether oxygens (including phenoxy) is 1. The van der Waals surface area contributed by atoms with Crippen LogP contribution in [0.2, 0.25) is 0 Å². The number of methoxy groups -OCH3 is 1. The van der Waals surface area contributed by atoms with E-state index in [-0.39, 0.29) is 26.9 Å². The fourth-order valence-corrected chi connectivity index (χ4v) is 6.84. The SMILES string of the molecule is COc1ccc(S(=O)(=O)Nc2ccc(S(=O)(=O)Nc3c(C)cccc3C)cc2)cc1C(=O)N1CCCCCC1. The summed E-state index contributed by atoms with van der Waals surface area (Å²) in [5.74, 6) is 0.0332. The third-order valence-electron chi connectivity index (χ3n) is 6.74. The van der Waals surface area contributed by atoms with Crippen LogP contribution >= 0.6 is 0 Å². The summed E-state index contributed by atoms with van der Waals surface area (Å²) in [7, 11) is -6.54. The molecule has 1 aliphatic heterocycles. The number of nitrogens with one attached hydrogen (secondary N) is 2. The molecule has 1 aliphatic rings. The molecule has 4 rings (SSSR count). The van der Waals surface area contributed by atoms with E-state index in [0.29, 0.717) is 24.5 Å². The maximum absolute atomic E-state index is 13.2. The number of benzene rings is 3. The summed E-state index contributed by atoms with van der Waals surface area (Å²) in [6.45, 7) is 4.86. The van der Waals surface area contributed by atoms with Crippen LogP contribution in [0.3, 0.4) is 0 Å². The molecule has 0 atom stereocenters. The summed E-state index contributed by atoms with van der Waals surface area (Å²) in [6.07, 6.45) is 3.92. The lowest BCUT2D eigenvalue weighted by molar-refractivity contribution is 0.0758. The number of sulfonamides is 2. The highest BCUT2D eigenvalue weighted by Gasteiger charge is 2.24. The first-order valence-corrected chi connectivity index (χ1v) is 15.7. The van der Waals surface area contributed by atoms with E-state index in [4.69, 9.17) is 4.74 Å². The highest BCUT2D eigenvalue weighted by Crippen LogP contribution is 2.28. The van der Waals surface area contributed by atoms with E-state index in [1.54, 1.807) is 4.90 Å². The molecule has 0 radical (unpaired) electrons. The Bertz CT molecular complexity index is 1540. The molecule has 0 bridgehead atoms. The van der Waals surface area contributed by atoms with E-state index < -0.39 is 20.0 Å². The normalized spacial score (nSPS) is 14.4. The Labute approximate surface area is 230 Å². The monoisotopic (exact) mass is 571 g/mol. The lowest BCUT2D eigenvalue weighted by Crippen LogP contribution is -2.32. The van der Waals surface area contributed by atoms with Crippen molar-refractivity contribution in [2.75, 3.05) is 29.6 Å². The molecule has 9 nitrogen and oxygen atoms in total. The average molecular weight is 572 g/mol. The van der Waals surface area contributed by atoms with Crippen LogP contribution in [0.4, 0.5) is 11.4 Å². The summed E-state index contributed by atoms with van der Waals surface area (Å²) in [5.41, 5.74) is 2.44. The van der Waals surface area contributed by atoms with E-state index in [1.807, 2.05) is 32.0 Å². The van der Waals surface area contributed by atoms with Gasteiger partial charge in [-0.05, 0) is 80.3 Å². The molecule has 11 heteroatoms. The van der Waals surface area contributed by atoms with Crippen LogP contribution in [-0.4, -0.2) is 47.8 Å². The van der Waals surface area contributed by atoms with E-state index in [9.17, 15) is 21.6 Å². The second-order valence-electron chi connectivity index (χ2n) is 9.57. The van der Waals surface area contributed by atoms with Crippen molar-refractivity contribution in [3.8, 4) is 5.75 Å². The second-order valence-corrected chi connectivity index (χ2v) is 12.9. The van der Waals surface area contributed by atoms with Crippen molar-refractivity contribution < 1.29 is 26.4 Å². The largest absolute Gasteiger partial charge is 0.496 e. The molecule has 0 unspecified atom stereocenters. The maximum Gasteiger partial charge on any atom is 0.261 e. The molecule has 1 heterocycles. The molecular formula is C28H33N3O6S2. The van der Waals surface area contributed by atoms with Crippen LogP contribution in [0.25, 0.3) is 0 Å².